The molecular formula is C26H22F6N4O3. The van der Waals surface area contributed by atoms with E-state index in [1.165, 1.54) is 12.3 Å². The Morgan fingerprint density at radius 2 is 1.77 bits per heavy atom. The number of hydrogen-bond donors (Lipinski definition) is 2. The fraction of sp³-hybridized carbons (Fsp3) is 0.231. The highest BCUT2D eigenvalue weighted by molar-refractivity contribution is 5.90. The maximum Gasteiger partial charge on any atom is 0.419 e. The van der Waals surface area contributed by atoms with E-state index in [9.17, 15) is 31.1 Å². The normalized spacial score (nSPS) is 11.7. The van der Waals surface area contributed by atoms with E-state index in [1.807, 2.05) is 19.0 Å². The Kier molecular flexibility index (Phi) is 7.72. The van der Waals surface area contributed by atoms with Crippen molar-refractivity contribution in [1.29, 1.82) is 0 Å². The molecule has 0 aliphatic rings. The molecule has 2 heterocycles. The van der Waals surface area contributed by atoms with Crippen molar-refractivity contribution in [2.24, 2.45) is 0 Å². The van der Waals surface area contributed by atoms with Crippen LogP contribution in [0.1, 0.15) is 5.56 Å². The molecule has 0 unspecified atom stereocenters. The van der Waals surface area contributed by atoms with Gasteiger partial charge in [0.15, 0.2) is 17.0 Å². The van der Waals surface area contributed by atoms with Crippen molar-refractivity contribution in [3.05, 3.63) is 75.8 Å². The van der Waals surface area contributed by atoms with Crippen LogP contribution in [-0.4, -0.2) is 49.2 Å². The van der Waals surface area contributed by atoms with Crippen molar-refractivity contribution in [2.75, 3.05) is 39.6 Å². The summed E-state index contributed by atoms with van der Waals surface area (Å²) in [7, 11) is 4.75. The number of anilines is 1. The quantitative estimate of drug-likeness (QED) is 0.269. The minimum absolute atomic E-state index is 0.0953. The van der Waals surface area contributed by atoms with E-state index in [0.717, 1.165) is 19.2 Å². The zero-order valence-corrected chi connectivity index (χ0v) is 20.8. The van der Waals surface area contributed by atoms with Crippen molar-refractivity contribution in [3.63, 3.8) is 0 Å². The number of methoxy groups -OCH3 is 1. The highest BCUT2D eigenvalue weighted by Gasteiger charge is 2.36. The molecule has 0 bridgehead atoms. The molecule has 0 fully saturated rings. The monoisotopic (exact) mass is 552 g/mol. The lowest BCUT2D eigenvalue weighted by molar-refractivity contribution is -0.140. The van der Waals surface area contributed by atoms with Crippen LogP contribution in [0.5, 0.6) is 17.2 Å². The van der Waals surface area contributed by atoms with Gasteiger partial charge in [-0.1, -0.05) is 0 Å². The molecular weight excluding hydrogens is 530 g/mol. The molecule has 39 heavy (non-hydrogen) atoms. The fourth-order valence-corrected chi connectivity index (χ4v) is 3.85. The number of rotatable bonds is 8. The molecule has 4 aromatic rings. The van der Waals surface area contributed by atoms with Crippen LogP contribution in [0, 0.1) is 17.5 Å². The Morgan fingerprint density at radius 3 is 2.44 bits per heavy atom. The number of halogens is 6. The van der Waals surface area contributed by atoms with Gasteiger partial charge in [0.25, 0.3) is 0 Å². The van der Waals surface area contributed by atoms with Gasteiger partial charge in [0.2, 0.25) is 11.6 Å². The standard InChI is InChI=1S/C26H22F6N4O3/c1-36(2)9-8-34-25-22-17(6-7-33-25)35-18(12-19(22)37)13-10-16(28)14(26(30,31)32)11-21(13)39-20-5-4-15(27)23(29)24(20)38-3/h4-7,10-12H,8-9H2,1-3H3,(H,33,34)(H,35,37). The molecule has 0 saturated heterocycles. The summed E-state index contributed by atoms with van der Waals surface area (Å²) in [5.74, 6) is -5.86. The van der Waals surface area contributed by atoms with Gasteiger partial charge in [-0.25, -0.2) is 13.8 Å². The summed E-state index contributed by atoms with van der Waals surface area (Å²) < 4.78 is 93.5. The summed E-state index contributed by atoms with van der Waals surface area (Å²) in [6, 6.07) is 5.07. The molecule has 0 saturated carbocycles. The average molecular weight is 552 g/mol. The smallest absolute Gasteiger partial charge is 0.419 e. The second-order valence-electron chi connectivity index (χ2n) is 8.68. The van der Waals surface area contributed by atoms with Gasteiger partial charge in [0, 0.05) is 30.9 Å². The second-order valence-corrected chi connectivity index (χ2v) is 8.68. The number of benzene rings is 2. The Balaban J connectivity index is 1.88. The molecule has 2 aromatic heterocycles. The number of aromatic amines is 1. The van der Waals surface area contributed by atoms with Gasteiger partial charge in [0.1, 0.15) is 17.4 Å². The molecule has 13 heteroatoms. The van der Waals surface area contributed by atoms with Crippen molar-refractivity contribution in [1.82, 2.24) is 14.9 Å². The minimum Gasteiger partial charge on any atom is -0.490 e. The second kappa shape index (κ2) is 10.8. The lowest BCUT2D eigenvalue weighted by Crippen LogP contribution is -2.21. The van der Waals surface area contributed by atoms with Gasteiger partial charge in [-0.05, 0) is 44.4 Å². The Hall–Kier alpha value is -4.26. The van der Waals surface area contributed by atoms with Crippen LogP contribution in [0.15, 0.2) is 47.4 Å². The average Bonchev–Trinajstić information content (AvgIpc) is 2.86. The third-order valence-corrected chi connectivity index (χ3v) is 5.70. The minimum atomic E-state index is -5.10. The number of fused-ring (bicyclic) bond motifs is 1. The van der Waals surface area contributed by atoms with E-state index in [-0.39, 0.29) is 28.0 Å². The molecule has 206 valence electrons. The molecule has 0 amide bonds. The van der Waals surface area contributed by atoms with Crippen LogP contribution < -0.4 is 20.2 Å². The summed E-state index contributed by atoms with van der Waals surface area (Å²) in [6.45, 7) is 1.12. The molecule has 0 atom stereocenters. The first-order chi connectivity index (χ1) is 18.4. The Labute approximate surface area is 218 Å². The largest absolute Gasteiger partial charge is 0.490 e. The van der Waals surface area contributed by atoms with Crippen molar-refractivity contribution >= 4 is 16.7 Å². The van der Waals surface area contributed by atoms with E-state index >= 15 is 0 Å². The first-order valence-corrected chi connectivity index (χ1v) is 11.4. The lowest BCUT2D eigenvalue weighted by atomic mass is 10.0. The van der Waals surface area contributed by atoms with Gasteiger partial charge in [-0.15, -0.1) is 0 Å². The van der Waals surface area contributed by atoms with Gasteiger partial charge in [-0.2, -0.15) is 17.6 Å². The van der Waals surface area contributed by atoms with Gasteiger partial charge in [-0.3, -0.25) is 4.79 Å². The molecule has 2 aromatic carbocycles. The molecule has 0 aliphatic heterocycles. The number of alkyl halides is 3. The third-order valence-electron chi connectivity index (χ3n) is 5.70. The van der Waals surface area contributed by atoms with E-state index in [1.54, 1.807) is 0 Å². The maximum absolute atomic E-state index is 14.7. The number of pyridine rings is 2. The highest BCUT2D eigenvalue weighted by Crippen LogP contribution is 2.43. The summed E-state index contributed by atoms with van der Waals surface area (Å²) in [5, 5.41) is 3.23. The van der Waals surface area contributed by atoms with Gasteiger partial charge < -0.3 is 24.7 Å². The zero-order chi connectivity index (χ0) is 28.5. The number of nitrogens with zero attached hydrogens (tertiary/aromatic N) is 2. The molecule has 0 radical (unpaired) electrons. The summed E-state index contributed by atoms with van der Waals surface area (Å²) in [5.41, 5.74) is -2.35. The van der Waals surface area contributed by atoms with Gasteiger partial charge >= 0.3 is 6.18 Å². The Bertz CT molecular complexity index is 1590. The van der Waals surface area contributed by atoms with Crippen LogP contribution in [0.3, 0.4) is 0 Å². The van der Waals surface area contributed by atoms with Crippen LogP contribution >= 0.6 is 0 Å². The number of hydrogen-bond acceptors (Lipinski definition) is 6. The first kappa shape index (κ1) is 27.8. The number of aromatic nitrogens is 2. The third kappa shape index (κ3) is 5.77. The number of ether oxygens (including phenoxy) is 2. The van der Waals surface area contributed by atoms with E-state index in [2.05, 4.69) is 15.3 Å². The topological polar surface area (TPSA) is 79.5 Å². The van der Waals surface area contributed by atoms with Crippen molar-refractivity contribution < 1.29 is 35.8 Å². The summed E-state index contributed by atoms with van der Waals surface area (Å²) in [6.07, 6.45) is -3.69. The molecule has 4 rings (SSSR count). The maximum atomic E-state index is 14.7. The number of H-pyrrole nitrogens is 1. The van der Waals surface area contributed by atoms with Crippen LogP contribution in [0.2, 0.25) is 0 Å². The van der Waals surface area contributed by atoms with E-state index in [4.69, 9.17) is 9.47 Å². The van der Waals surface area contributed by atoms with Crippen LogP contribution in [0.4, 0.5) is 32.2 Å². The summed E-state index contributed by atoms with van der Waals surface area (Å²) >= 11 is 0. The summed E-state index contributed by atoms with van der Waals surface area (Å²) in [4.78, 5) is 22.1. The van der Waals surface area contributed by atoms with Crippen molar-refractivity contribution in [2.45, 2.75) is 6.18 Å². The Morgan fingerprint density at radius 1 is 1.03 bits per heavy atom. The van der Waals surface area contributed by atoms with Crippen LogP contribution in [-0.2, 0) is 6.18 Å². The van der Waals surface area contributed by atoms with E-state index in [0.29, 0.717) is 31.3 Å². The lowest BCUT2D eigenvalue weighted by Gasteiger charge is -2.18. The number of nitrogens with one attached hydrogen (secondary N) is 2. The van der Waals surface area contributed by atoms with Crippen molar-refractivity contribution in [3.8, 4) is 28.5 Å². The predicted molar refractivity (Wildman–Crippen MR) is 133 cm³/mol. The van der Waals surface area contributed by atoms with Crippen LogP contribution in [0.25, 0.3) is 22.2 Å². The fourth-order valence-electron chi connectivity index (χ4n) is 3.85. The van der Waals surface area contributed by atoms with Gasteiger partial charge in [0.05, 0.1) is 29.3 Å². The molecule has 0 aliphatic carbocycles. The first-order valence-electron chi connectivity index (χ1n) is 11.4. The van der Waals surface area contributed by atoms with E-state index < -0.39 is 51.9 Å². The zero-order valence-electron chi connectivity index (χ0n) is 20.8. The highest BCUT2D eigenvalue weighted by atomic mass is 19.4. The SMILES string of the molecule is COc1c(Oc2cc(C(F)(F)F)c(F)cc2-c2cc(=O)c3c(NCCN(C)C)nccc3[nH]2)ccc(F)c1F. The molecule has 7 nitrogen and oxygen atoms in total. The number of likely N-dealkylation sites (N-methyl/N-ethyl adjacent to an activating group) is 1. The molecule has 2 N–H and O–H groups in total. The predicted octanol–water partition coefficient (Wildman–Crippen LogP) is 5.80. The molecule has 0 spiro atoms.